The minimum atomic E-state index is -0.484. The maximum Gasteiger partial charge on any atom is 0.303 e. The average Bonchev–Trinajstić information content (AvgIpc) is 2.58. The predicted octanol–water partition coefficient (Wildman–Crippen LogP) is 3.21. The minimum absolute atomic E-state index is 0.137. The SMILES string of the molecule is C#CC[C@@H](C)C[C@@H](OC1CCCCO1)[C@H](/C=C/CCCO)OC(C)=O. The van der Waals surface area contributed by atoms with Crippen molar-refractivity contribution in [1.29, 1.82) is 0 Å². The van der Waals surface area contributed by atoms with Gasteiger partial charge in [-0.25, -0.2) is 0 Å². The summed E-state index contributed by atoms with van der Waals surface area (Å²) < 4.78 is 17.3. The third-order valence-electron chi connectivity index (χ3n) is 4.09. The van der Waals surface area contributed by atoms with Gasteiger partial charge in [-0.2, -0.15) is 0 Å². The van der Waals surface area contributed by atoms with Crippen LogP contribution in [0.3, 0.4) is 0 Å². The number of carbonyl (C=O) groups excluding carboxylic acids is 1. The molecule has 4 atom stereocenters. The second kappa shape index (κ2) is 12.9. The molecule has 1 heterocycles. The standard InChI is InChI=1S/C20H32O5/c1-4-10-16(2)15-19(25-20-12-7-9-14-23-20)18(24-17(3)22)11-6-5-8-13-21/h1,6,11,16,18-21H,5,7-10,12-15H2,2-3H3/b11-6+/t16-,18+,19-,20?/m1/s1. The predicted molar refractivity (Wildman–Crippen MR) is 96.7 cm³/mol. The van der Waals surface area contributed by atoms with Gasteiger partial charge in [0.15, 0.2) is 6.29 Å². The molecular formula is C20H32O5. The van der Waals surface area contributed by atoms with E-state index < -0.39 is 6.10 Å². The molecule has 142 valence electrons. The van der Waals surface area contributed by atoms with E-state index in [1.54, 1.807) is 0 Å². The Balaban J connectivity index is 2.81. The van der Waals surface area contributed by atoms with Crippen molar-refractivity contribution in [1.82, 2.24) is 0 Å². The molecule has 0 aromatic rings. The number of esters is 1. The average molecular weight is 352 g/mol. The first kappa shape index (κ1) is 21.7. The Morgan fingerprint density at radius 3 is 2.88 bits per heavy atom. The van der Waals surface area contributed by atoms with Gasteiger partial charge in [0.25, 0.3) is 0 Å². The number of carbonyl (C=O) groups is 1. The van der Waals surface area contributed by atoms with Gasteiger partial charge in [0, 0.05) is 26.6 Å². The van der Waals surface area contributed by atoms with E-state index in [1.165, 1.54) is 6.92 Å². The second-order valence-corrected chi connectivity index (χ2v) is 6.59. The van der Waals surface area contributed by atoms with Crippen LogP contribution in [0.1, 0.15) is 58.8 Å². The molecule has 5 heteroatoms. The molecule has 1 rings (SSSR count). The van der Waals surface area contributed by atoms with Gasteiger partial charge in [-0.1, -0.05) is 13.0 Å². The number of allylic oxidation sites excluding steroid dienone is 1. The van der Waals surface area contributed by atoms with Crippen LogP contribution >= 0.6 is 0 Å². The zero-order valence-corrected chi connectivity index (χ0v) is 15.5. The topological polar surface area (TPSA) is 65.0 Å². The zero-order valence-electron chi connectivity index (χ0n) is 15.5. The number of hydrogen-bond acceptors (Lipinski definition) is 5. The number of unbranched alkanes of at least 4 members (excludes halogenated alkanes) is 1. The van der Waals surface area contributed by atoms with E-state index in [2.05, 4.69) is 12.8 Å². The van der Waals surface area contributed by atoms with Gasteiger partial charge in [-0.05, 0) is 50.5 Å². The van der Waals surface area contributed by atoms with E-state index in [9.17, 15) is 4.79 Å². The highest BCUT2D eigenvalue weighted by Crippen LogP contribution is 2.24. The Hall–Kier alpha value is -1.35. The maximum atomic E-state index is 11.5. The van der Waals surface area contributed by atoms with E-state index >= 15 is 0 Å². The Morgan fingerprint density at radius 2 is 2.28 bits per heavy atom. The number of rotatable bonds is 11. The Labute approximate surface area is 151 Å². The fraction of sp³-hybridized carbons (Fsp3) is 0.750. The quantitative estimate of drug-likeness (QED) is 0.268. The van der Waals surface area contributed by atoms with Gasteiger partial charge < -0.3 is 19.3 Å². The maximum absolute atomic E-state index is 11.5. The van der Waals surface area contributed by atoms with Crippen LogP contribution in [0.2, 0.25) is 0 Å². The molecule has 0 radical (unpaired) electrons. The van der Waals surface area contributed by atoms with Crippen molar-refractivity contribution in [2.75, 3.05) is 13.2 Å². The van der Waals surface area contributed by atoms with Gasteiger partial charge in [-0.15, -0.1) is 12.3 Å². The van der Waals surface area contributed by atoms with Crippen LogP contribution in [-0.4, -0.2) is 42.8 Å². The number of terminal acetylenes is 1. The lowest BCUT2D eigenvalue weighted by Gasteiger charge is -2.32. The lowest BCUT2D eigenvalue weighted by molar-refractivity contribution is -0.210. The molecule has 0 aliphatic carbocycles. The van der Waals surface area contributed by atoms with Crippen LogP contribution in [0.5, 0.6) is 0 Å². The molecule has 1 fully saturated rings. The summed E-state index contributed by atoms with van der Waals surface area (Å²) >= 11 is 0. The van der Waals surface area contributed by atoms with Gasteiger partial charge >= 0.3 is 5.97 Å². The lowest BCUT2D eigenvalue weighted by Crippen LogP contribution is -2.38. The molecule has 1 aliphatic rings. The monoisotopic (exact) mass is 352 g/mol. The van der Waals surface area contributed by atoms with Crippen LogP contribution in [0.25, 0.3) is 0 Å². The van der Waals surface area contributed by atoms with Crippen molar-refractivity contribution >= 4 is 5.97 Å². The summed E-state index contributed by atoms with van der Waals surface area (Å²) in [5, 5.41) is 8.90. The molecule has 0 aromatic carbocycles. The molecule has 0 bridgehead atoms. The van der Waals surface area contributed by atoms with E-state index in [-0.39, 0.29) is 30.9 Å². The van der Waals surface area contributed by atoms with E-state index in [1.807, 2.05) is 12.2 Å². The second-order valence-electron chi connectivity index (χ2n) is 6.59. The summed E-state index contributed by atoms with van der Waals surface area (Å²) in [5.74, 6) is 2.58. The zero-order chi connectivity index (χ0) is 18.5. The molecule has 1 N–H and O–H groups in total. The Kier molecular flexibility index (Phi) is 11.2. The van der Waals surface area contributed by atoms with Crippen LogP contribution in [0.15, 0.2) is 12.2 Å². The molecule has 1 unspecified atom stereocenters. The summed E-state index contributed by atoms with van der Waals surface area (Å²) in [6, 6.07) is 0. The summed E-state index contributed by atoms with van der Waals surface area (Å²) in [6.07, 6.45) is 13.8. The molecule has 0 aromatic heterocycles. The Morgan fingerprint density at radius 1 is 1.48 bits per heavy atom. The molecule has 0 saturated carbocycles. The molecule has 1 aliphatic heterocycles. The first-order valence-electron chi connectivity index (χ1n) is 9.22. The fourth-order valence-corrected chi connectivity index (χ4v) is 2.83. The summed E-state index contributed by atoms with van der Waals surface area (Å²) in [6.45, 7) is 4.30. The summed E-state index contributed by atoms with van der Waals surface area (Å²) in [7, 11) is 0. The van der Waals surface area contributed by atoms with Crippen molar-refractivity contribution in [2.45, 2.75) is 77.3 Å². The van der Waals surface area contributed by atoms with Crippen molar-refractivity contribution in [3.8, 4) is 12.3 Å². The lowest BCUT2D eigenvalue weighted by atomic mass is 9.96. The Bertz CT molecular complexity index is 434. The normalized spacial score (nSPS) is 21.4. The highest BCUT2D eigenvalue weighted by molar-refractivity contribution is 5.66. The van der Waals surface area contributed by atoms with Gasteiger partial charge in [0.05, 0.1) is 0 Å². The third kappa shape index (κ3) is 9.64. The van der Waals surface area contributed by atoms with Crippen molar-refractivity contribution < 1.29 is 24.1 Å². The smallest absolute Gasteiger partial charge is 0.303 e. The number of aliphatic hydroxyl groups excluding tert-OH is 1. The fourth-order valence-electron chi connectivity index (χ4n) is 2.83. The van der Waals surface area contributed by atoms with Crippen LogP contribution in [0, 0.1) is 18.3 Å². The minimum Gasteiger partial charge on any atom is -0.456 e. The largest absolute Gasteiger partial charge is 0.456 e. The first-order chi connectivity index (χ1) is 12.1. The van der Waals surface area contributed by atoms with Gasteiger partial charge in [-0.3, -0.25) is 4.79 Å². The number of aliphatic hydroxyl groups is 1. The highest BCUT2D eigenvalue weighted by atomic mass is 16.7. The summed E-state index contributed by atoms with van der Waals surface area (Å²) in [5.41, 5.74) is 0. The van der Waals surface area contributed by atoms with Crippen LogP contribution in [0.4, 0.5) is 0 Å². The van der Waals surface area contributed by atoms with Gasteiger partial charge in [0.2, 0.25) is 0 Å². The molecule has 0 spiro atoms. The molecule has 5 nitrogen and oxygen atoms in total. The van der Waals surface area contributed by atoms with Crippen molar-refractivity contribution in [3.63, 3.8) is 0 Å². The van der Waals surface area contributed by atoms with Crippen molar-refractivity contribution in [3.05, 3.63) is 12.2 Å². The van der Waals surface area contributed by atoms with E-state index in [0.29, 0.717) is 25.9 Å². The molecule has 0 amide bonds. The molecular weight excluding hydrogens is 320 g/mol. The number of hydrogen-bond donors (Lipinski definition) is 1. The van der Waals surface area contributed by atoms with E-state index in [0.717, 1.165) is 25.7 Å². The van der Waals surface area contributed by atoms with E-state index in [4.69, 9.17) is 25.7 Å². The van der Waals surface area contributed by atoms with Crippen LogP contribution in [-0.2, 0) is 19.0 Å². The highest BCUT2D eigenvalue weighted by Gasteiger charge is 2.29. The first-order valence-corrected chi connectivity index (χ1v) is 9.22. The van der Waals surface area contributed by atoms with Crippen LogP contribution < -0.4 is 0 Å². The van der Waals surface area contributed by atoms with Crippen molar-refractivity contribution in [2.24, 2.45) is 5.92 Å². The molecule has 25 heavy (non-hydrogen) atoms. The summed E-state index contributed by atoms with van der Waals surface area (Å²) in [4.78, 5) is 11.5. The van der Waals surface area contributed by atoms with Gasteiger partial charge in [0.1, 0.15) is 12.2 Å². The third-order valence-corrected chi connectivity index (χ3v) is 4.09. The molecule has 1 saturated heterocycles. The number of ether oxygens (including phenoxy) is 3.